The first kappa shape index (κ1) is 13.0. The SMILES string of the molecule is CN(C)CC1CCC2=C(C(=O)C1)C(C(=O)O)C=N2. The first-order valence-corrected chi connectivity index (χ1v) is 6.17. The van der Waals surface area contributed by atoms with E-state index in [-0.39, 0.29) is 5.78 Å². The molecule has 0 radical (unpaired) electrons. The molecule has 1 aliphatic carbocycles. The summed E-state index contributed by atoms with van der Waals surface area (Å²) in [6.45, 7) is 0.855. The zero-order valence-electron chi connectivity index (χ0n) is 10.7. The largest absolute Gasteiger partial charge is 0.481 e. The number of carboxylic acids is 1. The van der Waals surface area contributed by atoms with Crippen LogP contribution in [0.3, 0.4) is 0 Å². The summed E-state index contributed by atoms with van der Waals surface area (Å²) in [4.78, 5) is 29.5. The van der Waals surface area contributed by atoms with E-state index in [1.165, 1.54) is 6.21 Å². The molecular weight excluding hydrogens is 232 g/mol. The molecule has 1 heterocycles. The zero-order chi connectivity index (χ0) is 13.3. The minimum Gasteiger partial charge on any atom is -0.481 e. The lowest BCUT2D eigenvalue weighted by molar-refractivity contribution is -0.139. The van der Waals surface area contributed by atoms with Crippen molar-refractivity contribution in [2.75, 3.05) is 20.6 Å². The molecule has 0 fully saturated rings. The average Bonchev–Trinajstić information content (AvgIpc) is 2.62. The van der Waals surface area contributed by atoms with Crippen LogP contribution in [-0.4, -0.2) is 48.6 Å². The normalized spacial score (nSPS) is 27.6. The summed E-state index contributed by atoms with van der Waals surface area (Å²) >= 11 is 0. The highest BCUT2D eigenvalue weighted by molar-refractivity contribution is 6.09. The van der Waals surface area contributed by atoms with E-state index in [1.807, 2.05) is 14.1 Å². The number of hydrogen-bond donors (Lipinski definition) is 1. The predicted molar refractivity (Wildman–Crippen MR) is 67.5 cm³/mol. The maximum absolute atomic E-state index is 12.2. The van der Waals surface area contributed by atoms with Crippen molar-refractivity contribution in [1.29, 1.82) is 0 Å². The molecule has 0 bridgehead atoms. The van der Waals surface area contributed by atoms with E-state index in [1.54, 1.807) is 0 Å². The molecule has 5 nitrogen and oxygen atoms in total. The Hall–Kier alpha value is -1.49. The summed E-state index contributed by atoms with van der Waals surface area (Å²) in [5.74, 6) is -1.56. The van der Waals surface area contributed by atoms with Gasteiger partial charge in [-0.3, -0.25) is 14.6 Å². The van der Waals surface area contributed by atoms with E-state index in [4.69, 9.17) is 5.11 Å². The van der Waals surface area contributed by atoms with E-state index in [0.29, 0.717) is 30.0 Å². The number of carbonyl (C=O) groups excluding carboxylic acids is 1. The number of hydrogen-bond acceptors (Lipinski definition) is 4. The van der Waals surface area contributed by atoms with Crippen LogP contribution in [-0.2, 0) is 9.59 Å². The molecule has 0 saturated heterocycles. The molecule has 0 aromatic heterocycles. The van der Waals surface area contributed by atoms with Crippen molar-refractivity contribution in [3.8, 4) is 0 Å². The third-order valence-corrected chi connectivity index (χ3v) is 3.45. The van der Waals surface area contributed by atoms with Crippen molar-refractivity contribution < 1.29 is 14.7 Å². The summed E-state index contributed by atoms with van der Waals surface area (Å²) in [5.41, 5.74) is 1.11. The number of aliphatic carboxylic acids is 1. The third kappa shape index (κ3) is 2.51. The number of rotatable bonds is 3. The van der Waals surface area contributed by atoms with Crippen LogP contribution in [0.25, 0.3) is 0 Å². The third-order valence-electron chi connectivity index (χ3n) is 3.45. The Morgan fingerprint density at radius 1 is 1.56 bits per heavy atom. The van der Waals surface area contributed by atoms with Crippen LogP contribution >= 0.6 is 0 Å². The lowest BCUT2D eigenvalue weighted by Gasteiger charge is -2.18. The second kappa shape index (κ2) is 5.02. The van der Waals surface area contributed by atoms with Crippen LogP contribution in [0.5, 0.6) is 0 Å². The number of allylic oxidation sites excluding steroid dienone is 1. The molecule has 0 amide bonds. The number of nitrogens with zero attached hydrogens (tertiary/aromatic N) is 2. The van der Waals surface area contributed by atoms with Crippen molar-refractivity contribution >= 4 is 18.0 Å². The lowest BCUT2D eigenvalue weighted by atomic mass is 9.93. The fourth-order valence-electron chi connectivity index (χ4n) is 2.70. The van der Waals surface area contributed by atoms with E-state index < -0.39 is 11.9 Å². The van der Waals surface area contributed by atoms with Gasteiger partial charge in [-0.2, -0.15) is 0 Å². The monoisotopic (exact) mass is 250 g/mol. The molecule has 5 heteroatoms. The fourth-order valence-corrected chi connectivity index (χ4v) is 2.70. The summed E-state index contributed by atoms with van der Waals surface area (Å²) < 4.78 is 0. The molecular formula is C13H18N2O3. The highest BCUT2D eigenvalue weighted by atomic mass is 16.4. The molecule has 2 atom stereocenters. The number of carboxylic acid groups (broad SMARTS) is 1. The second-order valence-electron chi connectivity index (χ2n) is 5.25. The van der Waals surface area contributed by atoms with Crippen LogP contribution in [0.1, 0.15) is 19.3 Å². The van der Waals surface area contributed by atoms with Crippen molar-refractivity contribution in [3.63, 3.8) is 0 Å². The topological polar surface area (TPSA) is 70.0 Å². The standard InChI is InChI=1S/C13H18N2O3/c1-15(2)7-8-3-4-10-12(11(16)5-8)9(6-14-10)13(17)18/h6,8-9H,3-5,7H2,1-2H3,(H,17,18). The van der Waals surface area contributed by atoms with Gasteiger partial charge >= 0.3 is 5.97 Å². The van der Waals surface area contributed by atoms with Gasteiger partial charge in [0, 0.05) is 30.5 Å². The van der Waals surface area contributed by atoms with Gasteiger partial charge in [0.2, 0.25) is 0 Å². The van der Waals surface area contributed by atoms with Crippen LogP contribution in [0.4, 0.5) is 0 Å². The maximum atomic E-state index is 12.2. The van der Waals surface area contributed by atoms with Gasteiger partial charge in [-0.15, -0.1) is 0 Å². The van der Waals surface area contributed by atoms with E-state index in [2.05, 4.69) is 9.89 Å². The Kier molecular flexibility index (Phi) is 3.61. The Balaban J connectivity index is 2.16. The van der Waals surface area contributed by atoms with Gasteiger partial charge in [0.05, 0.1) is 0 Å². The highest BCUT2D eigenvalue weighted by Crippen LogP contribution is 2.33. The van der Waals surface area contributed by atoms with E-state index in [9.17, 15) is 9.59 Å². The summed E-state index contributed by atoms with van der Waals surface area (Å²) in [7, 11) is 3.96. The molecule has 1 aliphatic heterocycles. The number of aliphatic imine (C=N–C) groups is 1. The molecule has 0 saturated carbocycles. The summed E-state index contributed by atoms with van der Waals surface area (Å²) in [6, 6.07) is 0. The van der Waals surface area contributed by atoms with Crippen LogP contribution < -0.4 is 0 Å². The molecule has 2 unspecified atom stereocenters. The minimum absolute atomic E-state index is 0.0424. The lowest BCUT2D eigenvalue weighted by Crippen LogP contribution is -2.25. The molecule has 98 valence electrons. The molecule has 2 aliphatic rings. The predicted octanol–water partition coefficient (Wildman–Crippen LogP) is 0.956. The summed E-state index contributed by atoms with van der Waals surface area (Å²) in [6.07, 6.45) is 3.42. The van der Waals surface area contributed by atoms with Crippen LogP contribution in [0.15, 0.2) is 16.3 Å². The van der Waals surface area contributed by atoms with Gasteiger partial charge in [-0.1, -0.05) is 0 Å². The highest BCUT2D eigenvalue weighted by Gasteiger charge is 2.35. The van der Waals surface area contributed by atoms with Gasteiger partial charge in [0.15, 0.2) is 5.78 Å². The van der Waals surface area contributed by atoms with Crippen molar-refractivity contribution in [2.24, 2.45) is 16.8 Å². The molecule has 0 aromatic carbocycles. The molecule has 18 heavy (non-hydrogen) atoms. The van der Waals surface area contributed by atoms with Gasteiger partial charge in [0.1, 0.15) is 5.92 Å². The number of carbonyl (C=O) groups is 2. The molecule has 1 N–H and O–H groups in total. The van der Waals surface area contributed by atoms with E-state index >= 15 is 0 Å². The van der Waals surface area contributed by atoms with Gasteiger partial charge in [0.25, 0.3) is 0 Å². The Morgan fingerprint density at radius 2 is 2.28 bits per heavy atom. The quantitative estimate of drug-likeness (QED) is 0.809. The van der Waals surface area contributed by atoms with Crippen molar-refractivity contribution in [2.45, 2.75) is 19.3 Å². The zero-order valence-corrected chi connectivity index (χ0v) is 10.7. The number of Topliss-reactive ketones (excluding diaryl/α,β-unsaturated/α-hetero) is 1. The van der Waals surface area contributed by atoms with Crippen LogP contribution in [0.2, 0.25) is 0 Å². The Labute approximate surface area is 106 Å². The van der Waals surface area contributed by atoms with Gasteiger partial charge in [-0.25, -0.2) is 0 Å². The second-order valence-corrected chi connectivity index (χ2v) is 5.25. The maximum Gasteiger partial charge on any atom is 0.316 e. The van der Waals surface area contributed by atoms with Crippen molar-refractivity contribution in [1.82, 2.24) is 4.90 Å². The molecule has 0 spiro atoms. The Morgan fingerprint density at radius 3 is 2.89 bits per heavy atom. The van der Waals surface area contributed by atoms with Crippen LogP contribution in [0, 0.1) is 11.8 Å². The van der Waals surface area contributed by atoms with Gasteiger partial charge < -0.3 is 10.0 Å². The molecule has 0 aromatic rings. The fraction of sp³-hybridized carbons (Fsp3) is 0.615. The minimum atomic E-state index is -0.983. The average molecular weight is 250 g/mol. The summed E-state index contributed by atoms with van der Waals surface area (Å²) in [5, 5.41) is 9.09. The number of ketones is 1. The first-order valence-electron chi connectivity index (χ1n) is 6.17. The molecule has 2 rings (SSSR count). The van der Waals surface area contributed by atoms with E-state index in [0.717, 1.165) is 13.0 Å². The Bertz CT molecular complexity index is 438. The van der Waals surface area contributed by atoms with Gasteiger partial charge in [-0.05, 0) is 32.9 Å². The van der Waals surface area contributed by atoms with Crippen molar-refractivity contribution in [3.05, 3.63) is 11.3 Å². The smallest absolute Gasteiger partial charge is 0.316 e. The first-order chi connectivity index (χ1) is 8.49.